The first kappa shape index (κ1) is 19.6. The van der Waals surface area contributed by atoms with E-state index in [4.69, 9.17) is 16.0 Å². The van der Waals surface area contributed by atoms with Gasteiger partial charge >= 0.3 is 0 Å². The van der Waals surface area contributed by atoms with Crippen LogP contribution in [-0.4, -0.2) is 28.3 Å². The average molecular weight is 399 g/mol. The Balaban J connectivity index is 2.16. The van der Waals surface area contributed by atoms with Gasteiger partial charge in [0.1, 0.15) is 5.82 Å². The molecule has 2 heterocycles. The zero-order valence-electron chi connectivity index (χ0n) is 15.7. The predicted octanol–water partition coefficient (Wildman–Crippen LogP) is 4.07. The highest BCUT2D eigenvalue weighted by atomic mass is 35.5. The summed E-state index contributed by atoms with van der Waals surface area (Å²) in [5.41, 5.74) is 2.10. The Morgan fingerprint density at radius 3 is 2.64 bits per heavy atom. The molecule has 0 saturated heterocycles. The fraction of sp³-hybridized carbons (Fsp3) is 0.200. The van der Waals surface area contributed by atoms with Gasteiger partial charge in [-0.1, -0.05) is 23.7 Å². The molecule has 3 aromatic rings. The molecule has 0 atom stereocenters. The zero-order valence-corrected chi connectivity index (χ0v) is 16.4. The number of hydrogen-bond donors (Lipinski definition) is 2. The van der Waals surface area contributed by atoms with Crippen LogP contribution in [0, 0.1) is 6.92 Å². The van der Waals surface area contributed by atoms with E-state index < -0.39 is 0 Å². The molecule has 2 N–H and O–H groups in total. The van der Waals surface area contributed by atoms with Gasteiger partial charge in [-0.3, -0.25) is 9.59 Å². The number of oxazole rings is 1. The third-order valence-electron chi connectivity index (χ3n) is 3.94. The van der Waals surface area contributed by atoms with E-state index in [1.54, 1.807) is 36.5 Å². The highest BCUT2D eigenvalue weighted by molar-refractivity contribution is 6.33. The summed E-state index contributed by atoms with van der Waals surface area (Å²) < 4.78 is 5.98. The molecule has 0 radical (unpaired) electrons. The normalized spacial score (nSPS) is 10.6. The van der Waals surface area contributed by atoms with E-state index in [2.05, 4.69) is 20.6 Å². The second-order valence-electron chi connectivity index (χ2n) is 6.10. The van der Waals surface area contributed by atoms with Crippen LogP contribution in [0.1, 0.15) is 29.9 Å². The number of rotatable bonds is 5. The van der Waals surface area contributed by atoms with Crippen LogP contribution in [0.3, 0.4) is 0 Å². The maximum atomic E-state index is 12.5. The Kier molecular flexibility index (Phi) is 5.75. The summed E-state index contributed by atoms with van der Waals surface area (Å²) in [6.07, 6.45) is 1.60. The topological polar surface area (TPSA) is 97.1 Å². The summed E-state index contributed by atoms with van der Waals surface area (Å²) in [4.78, 5) is 32.5. The van der Waals surface area contributed by atoms with Gasteiger partial charge in [-0.2, -0.15) is 0 Å². The van der Waals surface area contributed by atoms with Gasteiger partial charge in [-0.15, -0.1) is 0 Å². The smallest absolute Gasteiger partial charge is 0.273 e. The molecular weight excluding hydrogens is 380 g/mol. The van der Waals surface area contributed by atoms with E-state index in [-0.39, 0.29) is 29.2 Å². The first-order valence-electron chi connectivity index (χ1n) is 8.69. The quantitative estimate of drug-likeness (QED) is 0.675. The summed E-state index contributed by atoms with van der Waals surface area (Å²) in [6, 6.07) is 8.73. The van der Waals surface area contributed by atoms with Crippen LogP contribution in [0.15, 0.2) is 40.9 Å². The SMILES string of the molecule is CCNC(=O)c1nc(-c2cc(NC(C)=O)ncc2C)oc1-c1ccccc1Cl. The van der Waals surface area contributed by atoms with E-state index in [1.807, 2.05) is 13.8 Å². The molecule has 2 aromatic heterocycles. The summed E-state index contributed by atoms with van der Waals surface area (Å²) in [5, 5.41) is 5.81. The van der Waals surface area contributed by atoms with E-state index in [1.165, 1.54) is 6.92 Å². The second kappa shape index (κ2) is 8.22. The van der Waals surface area contributed by atoms with Crippen molar-refractivity contribution in [3.63, 3.8) is 0 Å². The number of halogens is 1. The lowest BCUT2D eigenvalue weighted by molar-refractivity contribution is -0.114. The van der Waals surface area contributed by atoms with Crippen molar-refractivity contribution in [1.29, 1.82) is 0 Å². The Morgan fingerprint density at radius 1 is 1.21 bits per heavy atom. The number of anilines is 1. The largest absolute Gasteiger partial charge is 0.435 e. The number of pyridine rings is 1. The highest BCUT2D eigenvalue weighted by Gasteiger charge is 2.24. The summed E-state index contributed by atoms with van der Waals surface area (Å²) >= 11 is 6.30. The Labute approximate surface area is 167 Å². The Hall–Kier alpha value is -3.19. The van der Waals surface area contributed by atoms with Crippen LogP contribution >= 0.6 is 11.6 Å². The molecule has 0 unspecified atom stereocenters. The molecule has 2 amide bonds. The molecule has 0 fully saturated rings. The first-order chi connectivity index (χ1) is 13.4. The van der Waals surface area contributed by atoms with Gasteiger partial charge in [-0.05, 0) is 37.6 Å². The molecule has 0 aliphatic carbocycles. The molecular formula is C20H19ClN4O3. The molecule has 0 aliphatic heterocycles. The molecule has 0 bridgehead atoms. The van der Waals surface area contributed by atoms with Crippen LogP contribution in [-0.2, 0) is 4.79 Å². The fourth-order valence-corrected chi connectivity index (χ4v) is 2.89. The second-order valence-corrected chi connectivity index (χ2v) is 6.51. The van der Waals surface area contributed by atoms with Crippen LogP contribution in [0.5, 0.6) is 0 Å². The standard InChI is InChI=1S/C20H19ClN4O3/c1-4-22-19(27)17-18(13-7-5-6-8-15(13)21)28-20(25-17)14-9-16(24-12(3)26)23-10-11(14)2/h5-10H,4H2,1-3H3,(H,22,27)(H,23,24,26). The number of nitrogens with one attached hydrogen (secondary N) is 2. The third kappa shape index (κ3) is 4.04. The minimum absolute atomic E-state index is 0.141. The number of carbonyl (C=O) groups excluding carboxylic acids is 2. The maximum absolute atomic E-state index is 12.5. The van der Waals surface area contributed by atoms with Gasteiger partial charge in [0.2, 0.25) is 11.8 Å². The van der Waals surface area contributed by atoms with Crippen molar-refractivity contribution in [3.05, 3.63) is 52.8 Å². The van der Waals surface area contributed by atoms with Gasteiger partial charge in [0, 0.05) is 30.8 Å². The average Bonchev–Trinajstić information content (AvgIpc) is 3.08. The minimum Gasteiger partial charge on any atom is -0.435 e. The van der Waals surface area contributed by atoms with Crippen molar-refractivity contribution in [2.24, 2.45) is 0 Å². The number of hydrogen-bond acceptors (Lipinski definition) is 5. The summed E-state index contributed by atoms with van der Waals surface area (Å²) in [7, 11) is 0. The molecule has 1 aromatic carbocycles. The summed E-state index contributed by atoms with van der Waals surface area (Å²) in [6.45, 7) is 5.50. The van der Waals surface area contributed by atoms with Gasteiger partial charge < -0.3 is 15.1 Å². The van der Waals surface area contributed by atoms with Crippen LogP contribution in [0.4, 0.5) is 5.82 Å². The molecule has 0 saturated carbocycles. The third-order valence-corrected chi connectivity index (χ3v) is 4.27. The van der Waals surface area contributed by atoms with Crippen molar-refractivity contribution in [1.82, 2.24) is 15.3 Å². The van der Waals surface area contributed by atoms with E-state index in [0.717, 1.165) is 5.56 Å². The fourth-order valence-electron chi connectivity index (χ4n) is 2.66. The predicted molar refractivity (Wildman–Crippen MR) is 107 cm³/mol. The van der Waals surface area contributed by atoms with Crippen LogP contribution < -0.4 is 10.6 Å². The zero-order chi connectivity index (χ0) is 20.3. The monoisotopic (exact) mass is 398 g/mol. The number of nitrogens with zero attached hydrogens (tertiary/aromatic N) is 2. The van der Waals surface area contributed by atoms with E-state index >= 15 is 0 Å². The van der Waals surface area contributed by atoms with Crippen molar-refractivity contribution in [3.8, 4) is 22.8 Å². The van der Waals surface area contributed by atoms with Gasteiger partial charge in [0.05, 0.1) is 5.02 Å². The lowest BCUT2D eigenvalue weighted by atomic mass is 10.1. The van der Waals surface area contributed by atoms with Gasteiger partial charge in [0.25, 0.3) is 5.91 Å². The van der Waals surface area contributed by atoms with Crippen molar-refractivity contribution < 1.29 is 14.0 Å². The van der Waals surface area contributed by atoms with E-state index in [0.29, 0.717) is 28.5 Å². The van der Waals surface area contributed by atoms with Crippen molar-refractivity contribution in [2.75, 3.05) is 11.9 Å². The number of benzene rings is 1. The molecule has 0 aliphatic rings. The lowest BCUT2D eigenvalue weighted by Gasteiger charge is -2.05. The highest BCUT2D eigenvalue weighted by Crippen LogP contribution is 2.35. The number of aromatic nitrogens is 2. The molecule has 0 spiro atoms. The number of carbonyl (C=O) groups is 2. The summed E-state index contributed by atoms with van der Waals surface area (Å²) in [5.74, 6) is 0.285. The van der Waals surface area contributed by atoms with Crippen molar-refractivity contribution in [2.45, 2.75) is 20.8 Å². The molecule has 3 rings (SSSR count). The first-order valence-corrected chi connectivity index (χ1v) is 9.07. The van der Waals surface area contributed by atoms with Crippen molar-refractivity contribution >= 4 is 29.2 Å². The number of aryl methyl sites for hydroxylation is 1. The Bertz CT molecular complexity index is 1050. The van der Waals surface area contributed by atoms with Gasteiger partial charge in [-0.25, -0.2) is 9.97 Å². The van der Waals surface area contributed by atoms with Gasteiger partial charge in [0.15, 0.2) is 11.5 Å². The molecule has 144 valence electrons. The minimum atomic E-state index is -0.360. The Morgan fingerprint density at radius 2 is 1.96 bits per heavy atom. The molecule has 28 heavy (non-hydrogen) atoms. The van der Waals surface area contributed by atoms with E-state index in [9.17, 15) is 9.59 Å². The van der Waals surface area contributed by atoms with Crippen LogP contribution in [0.2, 0.25) is 5.02 Å². The maximum Gasteiger partial charge on any atom is 0.273 e. The molecule has 8 heteroatoms. The molecule has 7 nitrogen and oxygen atoms in total. The lowest BCUT2D eigenvalue weighted by Crippen LogP contribution is -2.23. The number of amides is 2. The van der Waals surface area contributed by atoms with Crippen LogP contribution in [0.25, 0.3) is 22.8 Å².